The summed E-state index contributed by atoms with van der Waals surface area (Å²) >= 11 is 0. The van der Waals surface area contributed by atoms with Crippen LogP contribution in [0.1, 0.15) is 23.3 Å². The lowest BCUT2D eigenvalue weighted by Crippen LogP contribution is -2.31. The van der Waals surface area contributed by atoms with Crippen molar-refractivity contribution in [2.75, 3.05) is 25.1 Å². The number of hydrogen-bond donors (Lipinski definition) is 0. The molecule has 5 nitrogen and oxygen atoms in total. The van der Waals surface area contributed by atoms with Crippen LogP contribution in [0.5, 0.6) is 0 Å². The molecule has 1 aliphatic heterocycles. The molecule has 0 amide bonds. The van der Waals surface area contributed by atoms with E-state index in [1.54, 1.807) is 18.2 Å². The third-order valence-corrected chi connectivity index (χ3v) is 3.13. The number of carbonyl (C=O) groups excluding carboxylic acids is 1. The van der Waals surface area contributed by atoms with Crippen LogP contribution < -0.4 is 4.90 Å². The number of nitriles is 1. The maximum atomic E-state index is 11.4. The third kappa shape index (κ3) is 3.10. The van der Waals surface area contributed by atoms with E-state index in [1.807, 2.05) is 6.07 Å². The van der Waals surface area contributed by atoms with Gasteiger partial charge in [0.15, 0.2) is 5.69 Å². The van der Waals surface area contributed by atoms with Crippen LogP contribution in [0.15, 0.2) is 29.8 Å². The molecule has 0 bridgehead atoms. The average Bonchev–Trinajstić information content (AvgIpc) is 2.48. The van der Waals surface area contributed by atoms with Crippen LogP contribution in [0.2, 0.25) is 0 Å². The minimum absolute atomic E-state index is 0.318. The van der Waals surface area contributed by atoms with Crippen LogP contribution in [0.4, 0.5) is 5.82 Å². The van der Waals surface area contributed by atoms with Gasteiger partial charge in [-0.05, 0) is 25.0 Å². The maximum Gasteiger partial charge on any atom is 0.356 e. The van der Waals surface area contributed by atoms with E-state index in [1.165, 1.54) is 12.7 Å². The summed E-state index contributed by atoms with van der Waals surface area (Å²) in [6.07, 6.45) is 3.34. The van der Waals surface area contributed by atoms with Gasteiger partial charge in [-0.3, -0.25) is 0 Å². The van der Waals surface area contributed by atoms with E-state index in [2.05, 4.69) is 20.7 Å². The van der Waals surface area contributed by atoms with Gasteiger partial charge in [-0.2, -0.15) is 5.26 Å². The normalized spacial score (nSPS) is 14.7. The molecule has 1 aliphatic rings. The molecule has 0 aliphatic carbocycles. The highest BCUT2D eigenvalue weighted by atomic mass is 16.5. The van der Waals surface area contributed by atoms with Crippen molar-refractivity contribution in [3.63, 3.8) is 0 Å². The number of methoxy groups -OCH3 is 1. The zero-order valence-electron chi connectivity index (χ0n) is 10.8. The van der Waals surface area contributed by atoms with E-state index in [0.717, 1.165) is 31.7 Å². The number of rotatable bonds is 2. The van der Waals surface area contributed by atoms with Gasteiger partial charge in [0.25, 0.3) is 0 Å². The fourth-order valence-electron chi connectivity index (χ4n) is 2.08. The molecule has 0 N–H and O–H groups in total. The number of carbonyl (C=O) groups is 1. The monoisotopic (exact) mass is 257 g/mol. The summed E-state index contributed by atoms with van der Waals surface area (Å²) in [5.74, 6) is 0.350. The maximum absolute atomic E-state index is 11.4. The Hall–Kier alpha value is -2.35. The van der Waals surface area contributed by atoms with Crippen molar-refractivity contribution in [3.8, 4) is 6.07 Å². The molecule has 0 atom stereocenters. The minimum Gasteiger partial charge on any atom is -0.464 e. The Morgan fingerprint density at radius 1 is 1.47 bits per heavy atom. The molecule has 19 heavy (non-hydrogen) atoms. The van der Waals surface area contributed by atoms with Crippen LogP contribution in [0.3, 0.4) is 0 Å². The van der Waals surface area contributed by atoms with Gasteiger partial charge >= 0.3 is 5.97 Å². The predicted molar refractivity (Wildman–Crippen MR) is 70.7 cm³/mol. The Bertz CT molecular complexity index is 536. The zero-order valence-corrected chi connectivity index (χ0v) is 10.8. The molecule has 0 aromatic carbocycles. The summed E-state index contributed by atoms with van der Waals surface area (Å²) in [5, 5.41) is 8.62. The summed E-state index contributed by atoms with van der Waals surface area (Å²) in [6, 6.07) is 7.39. The van der Waals surface area contributed by atoms with E-state index < -0.39 is 5.97 Å². The SMILES string of the molecule is COC(=O)c1cccc(N2CCC(=CC#N)CC2)n1. The minimum atomic E-state index is -0.427. The van der Waals surface area contributed by atoms with Crippen LogP contribution in [0.25, 0.3) is 0 Å². The number of nitrogens with zero attached hydrogens (tertiary/aromatic N) is 3. The summed E-state index contributed by atoms with van der Waals surface area (Å²) in [4.78, 5) is 17.9. The summed E-state index contributed by atoms with van der Waals surface area (Å²) in [5.41, 5.74) is 1.49. The Labute approximate surface area is 112 Å². The molecule has 1 saturated heterocycles. The molecular formula is C14H15N3O2. The Kier molecular flexibility index (Phi) is 4.14. The molecule has 1 aromatic rings. The summed E-state index contributed by atoms with van der Waals surface area (Å²) in [6.45, 7) is 1.62. The third-order valence-electron chi connectivity index (χ3n) is 3.13. The highest BCUT2D eigenvalue weighted by Crippen LogP contribution is 2.21. The van der Waals surface area contributed by atoms with Crippen molar-refractivity contribution in [3.05, 3.63) is 35.5 Å². The molecule has 2 heterocycles. The average molecular weight is 257 g/mol. The fourth-order valence-corrected chi connectivity index (χ4v) is 2.08. The first-order chi connectivity index (χ1) is 9.24. The van der Waals surface area contributed by atoms with Crippen molar-refractivity contribution >= 4 is 11.8 Å². The predicted octanol–water partition coefficient (Wildman–Crippen LogP) is 1.92. The van der Waals surface area contributed by atoms with Gasteiger partial charge in [-0.1, -0.05) is 11.6 Å². The first-order valence-electron chi connectivity index (χ1n) is 6.12. The number of anilines is 1. The van der Waals surface area contributed by atoms with E-state index >= 15 is 0 Å². The molecule has 0 saturated carbocycles. The second-order valence-electron chi connectivity index (χ2n) is 4.29. The van der Waals surface area contributed by atoms with E-state index in [4.69, 9.17) is 5.26 Å². The zero-order chi connectivity index (χ0) is 13.7. The summed E-state index contributed by atoms with van der Waals surface area (Å²) < 4.78 is 4.66. The molecular weight excluding hydrogens is 242 g/mol. The smallest absolute Gasteiger partial charge is 0.356 e. The van der Waals surface area contributed by atoms with Gasteiger partial charge < -0.3 is 9.64 Å². The fraction of sp³-hybridized carbons (Fsp3) is 0.357. The van der Waals surface area contributed by atoms with Gasteiger partial charge in [-0.25, -0.2) is 9.78 Å². The largest absolute Gasteiger partial charge is 0.464 e. The summed E-state index contributed by atoms with van der Waals surface area (Å²) in [7, 11) is 1.34. The number of allylic oxidation sites excluding steroid dienone is 1. The lowest BCUT2D eigenvalue weighted by molar-refractivity contribution is 0.0594. The number of aromatic nitrogens is 1. The molecule has 2 rings (SSSR count). The van der Waals surface area contributed by atoms with E-state index in [0.29, 0.717) is 5.69 Å². The first kappa shape index (κ1) is 13.1. The Morgan fingerprint density at radius 2 is 2.21 bits per heavy atom. The van der Waals surface area contributed by atoms with Crippen molar-refractivity contribution in [2.45, 2.75) is 12.8 Å². The van der Waals surface area contributed by atoms with Gasteiger partial charge in [0.05, 0.1) is 13.2 Å². The molecule has 5 heteroatoms. The van der Waals surface area contributed by atoms with Crippen molar-refractivity contribution < 1.29 is 9.53 Å². The van der Waals surface area contributed by atoms with Crippen molar-refractivity contribution in [1.82, 2.24) is 4.98 Å². The Balaban J connectivity index is 2.10. The van der Waals surface area contributed by atoms with Crippen molar-refractivity contribution in [1.29, 1.82) is 5.26 Å². The van der Waals surface area contributed by atoms with E-state index in [-0.39, 0.29) is 0 Å². The second-order valence-corrected chi connectivity index (χ2v) is 4.29. The van der Waals surface area contributed by atoms with Crippen LogP contribution >= 0.6 is 0 Å². The van der Waals surface area contributed by atoms with Crippen LogP contribution in [0, 0.1) is 11.3 Å². The van der Waals surface area contributed by atoms with Crippen molar-refractivity contribution in [2.24, 2.45) is 0 Å². The highest BCUT2D eigenvalue weighted by Gasteiger charge is 2.16. The Morgan fingerprint density at radius 3 is 2.84 bits per heavy atom. The number of piperidine rings is 1. The number of ether oxygens (including phenoxy) is 1. The highest BCUT2D eigenvalue weighted by molar-refractivity contribution is 5.87. The standard InChI is InChI=1S/C14H15N3O2/c1-19-14(18)12-3-2-4-13(16-12)17-9-6-11(5-8-15)7-10-17/h2-5H,6-7,9-10H2,1H3. The number of esters is 1. The lowest BCUT2D eigenvalue weighted by Gasteiger charge is -2.29. The lowest BCUT2D eigenvalue weighted by atomic mass is 10.0. The van der Waals surface area contributed by atoms with Gasteiger partial charge in [0, 0.05) is 19.2 Å². The van der Waals surface area contributed by atoms with Crippen LogP contribution in [-0.4, -0.2) is 31.2 Å². The number of pyridine rings is 1. The molecule has 0 unspecified atom stereocenters. The number of hydrogen-bond acceptors (Lipinski definition) is 5. The van der Waals surface area contributed by atoms with Gasteiger partial charge in [0.1, 0.15) is 5.82 Å². The van der Waals surface area contributed by atoms with Gasteiger partial charge in [-0.15, -0.1) is 0 Å². The second kappa shape index (κ2) is 6.01. The molecule has 0 spiro atoms. The quantitative estimate of drug-likeness (QED) is 0.598. The topological polar surface area (TPSA) is 66.2 Å². The van der Waals surface area contributed by atoms with Gasteiger partial charge in [0.2, 0.25) is 0 Å². The molecule has 1 fully saturated rings. The molecule has 0 radical (unpaired) electrons. The molecule has 1 aromatic heterocycles. The molecule has 98 valence electrons. The van der Waals surface area contributed by atoms with Crippen LogP contribution in [-0.2, 0) is 4.74 Å². The van der Waals surface area contributed by atoms with E-state index in [9.17, 15) is 4.79 Å². The first-order valence-corrected chi connectivity index (χ1v) is 6.12.